The lowest BCUT2D eigenvalue weighted by molar-refractivity contribution is -0.137. The molecule has 0 saturated carbocycles. The van der Waals surface area contributed by atoms with Gasteiger partial charge in [-0.2, -0.15) is 0 Å². The lowest BCUT2D eigenvalue weighted by Gasteiger charge is -2.28. The highest BCUT2D eigenvalue weighted by Gasteiger charge is 2.29. The van der Waals surface area contributed by atoms with Gasteiger partial charge in [0.1, 0.15) is 6.04 Å². The first-order valence-electron chi connectivity index (χ1n) is 8.57. The van der Waals surface area contributed by atoms with E-state index in [4.69, 9.17) is 23.2 Å². The van der Waals surface area contributed by atoms with Gasteiger partial charge in [0.05, 0.1) is 5.02 Å². The van der Waals surface area contributed by atoms with Gasteiger partial charge in [0.15, 0.2) is 0 Å². The number of nitrogens with one attached hydrogen (secondary N) is 2. The average Bonchev–Trinajstić information content (AvgIpc) is 2.67. The van der Waals surface area contributed by atoms with Crippen LogP contribution in [0.4, 0.5) is 17.1 Å². The van der Waals surface area contributed by atoms with Crippen molar-refractivity contribution in [3.63, 3.8) is 0 Å². The first-order valence-corrected chi connectivity index (χ1v) is 9.33. The third-order valence-corrected chi connectivity index (χ3v) is 5.05. The van der Waals surface area contributed by atoms with E-state index in [0.29, 0.717) is 44.7 Å². The minimum Gasteiger partial charge on any atom is -0.480 e. The summed E-state index contributed by atoms with van der Waals surface area (Å²) in [6.07, 6.45) is 2.04. The Morgan fingerprint density at radius 2 is 1.93 bits per heavy atom. The Labute approximate surface area is 176 Å². The lowest BCUT2D eigenvalue weighted by atomic mass is 9.91. The Kier molecular flexibility index (Phi) is 6.10. The number of rotatable bonds is 5. The van der Waals surface area contributed by atoms with E-state index in [1.54, 1.807) is 43.4 Å². The monoisotopic (exact) mass is 433 g/mol. The number of fused-ring (bicyclic) bond motifs is 1. The number of anilines is 3. The Bertz CT molecular complexity index is 1010. The number of halogens is 2. The van der Waals surface area contributed by atoms with Gasteiger partial charge in [-0.3, -0.25) is 9.59 Å². The fourth-order valence-corrected chi connectivity index (χ4v) is 3.69. The standard InChI is InChI=1S/C20H17Cl2N3O4/c1-25(14-4-2-13(3-5-14)23-10-26)18(27)7-11-6-17(20(28)29)24-16-9-12(21)8-15(22)19(11)16/h2-5,7-10,17,24H,6H2,1H3,(H,23,26)(H,28,29). The molecule has 150 valence electrons. The molecule has 0 fully saturated rings. The third-order valence-electron chi connectivity index (χ3n) is 4.54. The zero-order chi connectivity index (χ0) is 21.1. The molecule has 0 radical (unpaired) electrons. The number of carbonyl (C=O) groups is 3. The van der Waals surface area contributed by atoms with Crippen molar-refractivity contribution in [1.29, 1.82) is 0 Å². The van der Waals surface area contributed by atoms with Crippen LogP contribution in [0.1, 0.15) is 12.0 Å². The number of amides is 2. The van der Waals surface area contributed by atoms with Gasteiger partial charge in [-0.05, 0) is 42.0 Å². The first kappa shape index (κ1) is 20.7. The normalized spacial score (nSPS) is 16.5. The number of nitrogens with zero attached hydrogens (tertiary/aromatic N) is 1. The summed E-state index contributed by atoms with van der Waals surface area (Å²) in [6, 6.07) is 8.93. The largest absolute Gasteiger partial charge is 0.480 e. The van der Waals surface area contributed by atoms with Gasteiger partial charge in [-0.1, -0.05) is 23.2 Å². The van der Waals surface area contributed by atoms with Crippen molar-refractivity contribution in [2.75, 3.05) is 22.6 Å². The molecular weight excluding hydrogens is 417 g/mol. The third kappa shape index (κ3) is 4.52. The topological polar surface area (TPSA) is 98.7 Å². The number of benzene rings is 2. The van der Waals surface area contributed by atoms with Crippen molar-refractivity contribution in [3.05, 3.63) is 58.1 Å². The Balaban J connectivity index is 1.94. The van der Waals surface area contributed by atoms with Crippen LogP contribution in [0.5, 0.6) is 0 Å². The van der Waals surface area contributed by atoms with Gasteiger partial charge < -0.3 is 20.6 Å². The maximum atomic E-state index is 12.8. The summed E-state index contributed by atoms with van der Waals surface area (Å²) in [5.41, 5.74) is 2.73. The summed E-state index contributed by atoms with van der Waals surface area (Å²) in [5.74, 6) is -1.39. The highest BCUT2D eigenvalue weighted by atomic mass is 35.5. The van der Waals surface area contributed by atoms with Crippen LogP contribution in [0.2, 0.25) is 10.0 Å². The minimum absolute atomic E-state index is 0.0887. The van der Waals surface area contributed by atoms with Crippen molar-refractivity contribution >= 4 is 64.1 Å². The quantitative estimate of drug-likeness (QED) is 0.490. The summed E-state index contributed by atoms with van der Waals surface area (Å²) in [7, 11) is 1.60. The number of carbonyl (C=O) groups excluding carboxylic acids is 2. The van der Waals surface area contributed by atoms with Gasteiger partial charge >= 0.3 is 5.97 Å². The molecule has 1 unspecified atom stereocenters. The van der Waals surface area contributed by atoms with Crippen molar-refractivity contribution in [1.82, 2.24) is 0 Å². The molecule has 2 amide bonds. The lowest BCUT2D eigenvalue weighted by Crippen LogP contribution is -2.33. The second kappa shape index (κ2) is 8.55. The molecule has 1 aliphatic heterocycles. The van der Waals surface area contributed by atoms with E-state index < -0.39 is 12.0 Å². The Morgan fingerprint density at radius 1 is 1.24 bits per heavy atom. The van der Waals surface area contributed by atoms with Crippen molar-refractivity contribution in [3.8, 4) is 0 Å². The van der Waals surface area contributed by atoms with Crippen LogP contribution in [-0.2, 0) is 14.4 Å². The number of likely N-dealkylation sites (N-methyl/N-ethyl adjacent to an activating group) is 1. The van der Waals surface area contributed by atoms with E-state index in [2.05, 4.69) is 10.6 Å². The highest BCUT2D eigenvalue weighted by Crippen LogP contribution is 2.40. The summed E-state index contributed by atoms with van der Waals surface area (Å²) in [4.78, 5) is 36.3. The van der Waals surface area contributed by atoms with Crippen LogP contribution in [-0.4, -0.2) is 36.5 Å². The van der Waals surface area contributed by atoms with E-state index in [9.17, 15) is 19.5 Å². The molecule has 0 spiro atoms. The molecule has 3 rings (SSSR count). The molecule has 2 aromatic carbocycles. The van der Waals surface area contributed by atoms with Crippen molar-refractivity contribution in [2.45, 2.75) is 12.5 Å². The summed E-state index contributed by atoms with van der Waals surface area (Å²) in [5, 5.41) is 15.5. The maximum absolute atomic E-state index is 12.8. The van der Waals surface area contributed by atoms with Gasteiger partial charge in [-0.15, -0.1) is 0 Å². The molecule has 2 aromatic rings. The van der Waals surface area contributed by atoms with Crippen LogP contribution in [0.3, 0.4) is 0 Å². The molecule has 1 heterocycles. The summed E-state index contributed by atoms with van der Waals surface area (Å²) < 4.78 is 0. The van der Waals surface area contributed by atoms with Gasteiger partial charge in [0.25, 0.3) is 5.91 Å². The molecule has 1 aliphatic rings. The maximum Gasteiger partial charge on any atom is 0.326 e. The molecule has 7 nitrogen and oxygen atoms in total. The molecule has 9 heteroatoms. The van der Waals surface area contributed by atoms with Gasteiger partial charge in [0, 0.05) is 47.2 Å². The fourth-order valence-electron chi connectivity index (χ4n) is 3.08. The van der Waals surface area contributed by atoms with E-state index in [1.807, 2.05) is 0 Å². The minimum atomic E-state index is -1.04. The molecule has 0 aromatic heterocycles. The second-order valence-corrected chi connectivity index (χ2v) is 7.27. The van der Waals surface area contributed by atoms with E-state index in [-0.39, 0.29) is 12.3 Å². The van der Waals surface area contributed by atoms with Gasteiger partial charge in [-0.25, -0.2) is 4.79 Å². The zero-order valence-electron chi connectivity index (χ0n) is 15.3. The molecule has 3 N–H and O–H groups in total. The predicted octanol–water partition coefficient (Wildman–Crippen LogP) is 3.88. The van der Waals surface area contributed by atoms with E-state index in [0.717, 1.165) is 0 Å². The van der Waals surface area contributed by atoms with Crippen molar-refractivity contribution < 1.29 is 19.5 Å². The number of carboxylic acid groups (broad SMARTS) is 1. The fraction of sp³-hybridized carbons (Fsp3) is 0.150. The van der Waals surface area contributed by atoms with Crippen molar-refractivity contribution in [2.24, 2.45) is 0 Å². The predicted molar refractivity (Wildman–Crippen MR) is 114 cm³/mol. The van der Waals surface area contributed by atoms with Crippen LogP contribution in [0.15, 0.2) is 42.5 Å². The number of aliphatic carboxylic acids is 1. The molecular formula is C20H17Cl2N3O4. The molecule has 1 atom stereocenters. The van der Waals surface area contributed by atoms with Crippen LogP contribution in [0.25, 0.3) is 5.57 Å². The Morgan fingerprint density at radius 3 is 2.55 bits per heavy atom. The molecule has 0 saturated heterocycles. The number of hydrogen-bond donors (Lipinski definition) is 3. The zero-order valence-corrected chi connectivity index (χ0v) is 16.8. The smallest absolute Gasteiger partial charge is 0.326 e. The van der Waals surface area contributed by atoms with Crippen LogP contribution in [0, 0.1) is 0 Å². The SMILES string of the molecule is CN(C(=O)C=C1CC(C(=O)O)Nc2cc(Cl)cc(Cl)c21)c1ccc(NC=O)cc1. The summed E-state index contributed by atoms with van der Waals surface area (Å²) >= 11 is 12.4. The van der Waals surface area contributed by atoms with Crippen LogP contribution < -0.4 is 15.5 Å². The summed E-state index contributed by atoms with van der Waals surface area (Å²) in [6.45, 7) is 0. The van der Waals surface area contributed by atoms with Crippen LogP contribution >= 0.6 is 23.2 Å². The number of carboxylic acids is 1. The molecule has 0 bridgehead atoms. The molecule has 29 heavy (non-hydrogen) atoms. The van der Waals surface area contributed by atoms with Gasteiger partial charge in [0.2, 0.25) is 6.41 Å². The Hall–Kier alpha value is -3.03. The van der Waals surface area contributed by atoms with E-state index >= 15 is 0 Å². The number of hydrogen-bond acceptors (Lipinski definition) is 4. The first-order chi connectivity index (χ1) is 13.8. The highest BCUT2D eigenvalue weighted by molar-refractivity contribution is 6.36. The second-order valence-electron chi connectivity index (χ2n) is 6.43. The van der Waals surface area contributed by atoms with E-state index in [1.165, 1.54) is 11.0 Å². The average molecular weight is 434 g/mol. The molecule has 0 aliphatic carbocycles.